The van der Waals surface area contributed by atoms with Crippen LogP contribution in [0.2, 0.25) is 0 Å². The first kappa shape index (κ1) is 15.0. The van der Waals surface area contributed by atoms with Crippen molar-refractivity contribution < 1.29 is 4.74 Å². The number of benzene rings is 1. The van der Waals surface area contributed by atoms with Crippen LogP contribution in [0, 0.1) is 0 Å². The van der Waals surface area contributed by atoms with Crippen LogP contribution in [-0.2, 0) is 4.74 Å². The quantitative estimate of drug-likeness (QED) is 0.905. The van der Waals surface area contributed by atoms with Gasteiger partial charge in [0.1, 0.15) is 0 Å². The van der Waals surface area contributed by atoms with Gasteiger partial charge in [0.25, 0.3) is 0 Å². The van der Waals surface area contributed by atoms with E-state index in [1.165, 1.54) is 30.4 Å². The van der Waals surface area contributed by atoms with E-state index in [2.05, 4.69) is 36.1 Å². The Hall–Kier alpha value is -0.900. The van der Waals surface area contributed by atoms with Crippen molar-refractivity contribution in [1.29, 1.82) is 0 Å². The van der Waals surface area contributed by atoms with Crippen molar-refractivity contribution in [2.75, 3.05) is 26.7 Å². The van der Waals surface area contributed by atoms with Gasteiger partial charge in [-0.25, -0.2) is 0 Å². The van der Waals surface area contributed by atoms with E-state index in [1.807, 2.05) is 7.11 Å². The molecule has 0 spiro atoms. The second-order valence-electron chi connectivity index (χ2n) is 6.92. The van der Waals surface area contributed by atoms with E-state index in [1.54, 1.807) is 0 Å². The Kier molecular flexibility index (Phi) is 4.34. The highest BCUT2D eigenvalue weighted by Crippen LogP contribution is 2.41. The maximum atomic E-state index is 6.12. The van der Waals surface area contributed by atoms with E-state index in [0.717, 1.165) is 25.4 Å². The Balaban J connectivity index is 1.79. The lowest BCUT2D eigenvalue weighted by Gasteiger charge is -2.43. The van der Waals surface area contributed by atoms with E-state index < -0.39 is 0 Å². The Bertz CT molecular complexity index is 486. The zero-order valence-electron chi connectivity index (χ0n) is 13.3. The molecule has 2 aliphatic rings. The third kappa shape index (κ3) is 3.31. The van der Waals surface area contributed by atoms with Crippen LogP contribution in [-0.4, -0.2) is 37.2 Å². The molecule has 2 fully saturated rings. The molecule has 1 aliphatic carbocycles. The fourth-order valence-electron chi connectivity index (χ4n) is 3.61. The Labute approximate surface area is 128 Å². The summed E-state index contributed by atoms with van der Waals surface area (Å²) in [4.78, 5) is 2.51. The van der Waals surface area contributed by atoms with Crippen LogP contribution in [0.25, 0.3) is 0 Å². The summed E-state index contributed by atoms with van der Waals surface area (Å²) in [5, 5.41) is 0. The molecule has 2 unspecified atom stereocenters. The first-order valence-electron chi connectivity index (χ1n) is 8.24. The molecular formula is C18H28N2O. The molecule has 3 heteroatoms. The van der Waals surface area contributed by atoms with E-state index >= 15 is 0 Å². The highest BCUT2D eigenvalue weighted by molar-refractivity contribution is 5.31. The predicted molar refractivity (Wildman–Crippen MR) is 86.4 cm³/mol. The van der Waals surface area contributed by atoms with Gasteiger partial charge in [-0.3, -0.25) is 4.90 Å². The number of hydrogen-bond donors (Lipinski definition) is 1. The summed E-state index contributed by atoms with van der Waals surface area (Å²) in [5.41, 5.74) is 8.97. The van der Waals surface area contributed by atoms with Gasteiger partial charge in [-0.1, -0.05) is 24.3 Å². The molecule has 1 saturated carbocycles. The van der Waals surface area contributed by atoms with E-state index in [-0.39, 0.29) is 5.60 Å². The first-order chi connectivity index (χ1) is 10.1. The number of nitrogens with zero attached hydrogens (tertiary/aromatic N) is 1. The van der Waals surface area contributed by atoms with E-state index in [9.17, 15) is 0 Å². The summed E-state index contributed by atoms with van der Waals surface area (Å²) in [6.07, 6.45) is 5.02. The van der Waals surface area contributed by atoms with Crippen molar-refractivity contribution in [3.05, 3.63) is 35.4 Å². The number of rotatable bonds is 5. The SMILES string of the molecule is COC1(C)CCCN(C(CN)c2cccc(C3CC3)c2)C1. The molecule has 1 aromatic rings. The zero-order chi connectivity index (χ0) is 14.9. The summed E-state index contributed by atoms with van der Waals surface area (Å²) in [7, 11) is 1.83. The molecule has 3 nitrogen and oxygen atoms in total. The minimum Gasteiger partial charge on any atom is -0.377 e. The van der Waals surface area contributed by atoms with Crippen LogP contribution in [0.15, 0.2) is 24.3 Å². The molecule has 116 valence electrons. The van der Waals surface area contributed by atoms with Gasteiger partial charge in [0.15, 0.2) is 0 Å². The van der Waals surface area contributed by atoms with Crippen LogP contribution in [0.3, 0.4) is 0 Å². The minimum absolute atomic E-state index is 0.0280. The van der Waals surface area contributed by atoms with E-state index in [4.69, 9.17) is 10.5 Å². The fraction of sp³-hybridized carbons (Fsp3) is 0.667. The molecule has 2 atom stereocenters. The molecule has 1 saturated heterocycles. The van der Waals surface area contributed by atoms with Crippen molar-refractivity contribution >= 4 is 0 Å². The van der Waals surface area contributed by atoms with Gasteiger partial charge in [0.05, 0.1) is 5.60 Å². The maximum Gasteiger partial charge on any atom is 0.0777 e. The number of nitrogens with two attached hydrogens (primary N) is 1. The van der Waals surface area contributed by atoms with Crippen molar-refractivity contribution in [3.8, 4) is 0 Å². The largest absolute Gasteiger partial charge is 0.377 e. The van der Waals surface area contributed by atoms with Crippen LogP contribution < -0.4 is 5.73 Å². The van der Waals surface area contributed by atoms with Gasteiger partial charge in [-0.15, -0.1) is 0 Å². The molecule has 1 aliphatic heterocycles. The normalized spacial score (nSPS) is 28.5. The second kappa shape index (κ2) is 6.07. The van der Waals surface area contributed by atoms with Crippen molar-refractivity contribution in [3.63, 3.8) is 0 Å². The van der Waals surface area contributed by atoms with Crippen molar-refractivity contribution in [1.82, 2.24) is 4.90 Å². The van der Waals surface area contributed by atoms with Gasteiger partial charge in [0, 0.05) is 26.2 Å². The van der Waals surface area contributed by atoms with Gasteiger partial charge in [-0.2, -0.15) is 0 Å². The maximum absolute atomic E-state index is 6.12. The highest BCUT2D eigenvalue weighted by atomic mass is 16.5. The summed E-state index contributed by atoms with van der Waals surface area (Å²) in [6, 6.07) is 9.41. The zero-order valence-corrected chi connectivity index (χ0v) is 13.3. The fourth-order valence-corrected chi connectivity index (χ4v) is 3.61. The molecular weight excluding hydrogens is 260 g/mol. The van der Waals surface area contributed by atoms with Crippen molar-refractivity contribution in [2.45, 2.75) is 50.2 Å². The standard InChI is InChI=1S/C18H28N2O/c1-18(21-2)9-4-10-20(13-18)17(12-19)16-6-3-5-15(11-16)14-7-8-14/h3,5-6,11,14,17H,4,7-10,12-13,19H2,1-2H3. The third-order valence-corrected chi connectivity index (χ3v) is 5.19. The number of ether oxygens (including phenoxy) is 1. The van der Waals surface area contributed by atoms with Gasteiger partial charge >= 0.3 is 0 Å². The molecule has 3 rings (SSSR count). The lowest BCUT2D eigenvalue weighted by atomic mass is 9.91. The summed E-state index contributed by atoms with van der Waals surface area (Å²) in [5.74, 6) is 0.800. The first-order valence-corrected chi connectivity index (χ1v) is 8.24. The summed E-state index contributed by atoms with van der Waals surface area (Å²) in [6.45, 7) is 4.98. The number of hydrogen-bond acceptors (Lipinski definition) is 3. The molecule has 0 radical (unpaired) electrons. The molecule has 21 heavy (non-hydrogen) atoms. The number of piperidine rings is 1. The second-order valence-corrected chi connectivity index (χ2v) is 6.92. The average molecular weight is 288 g/mol. The molecule has 0 bridgehead atoms. The lowest BCUT2D eigenvalue weighted by molar-refractivity contribution is -0.0608. The van der Waals surface area contributed by atoms with Gasteiger partial charge < -0.3 is 10.5 Å². The van der Waals surface area contributed by atoms with Crippen LogP contribution in [0.1, 0.15) is 55.7 Å². The Morgan fingerprint density at radius 2 is 2.24 bits per heavy atom. The highest BCUT2D eigenvalue weighted by Gasteiger charge is 2.34. The van der Waals surface area contributed by atoms with Crippen LogP contribution >= 0.6 is 0 Å². The smallest absolute Gasteiger partial charge is 0.0777 e. The summed E-state index contributed by atoms with van der Waals surface area (Å²) < 4.78 is 5.73. The average Bonchev–Trinajstić information content (AvgIpc) is 3.33. The lowest BCUT2D eigenvalue weighted by Crippen LogP contribution is -2.49. The topological polar surface area (TPSA) is 38.5 Å². The molecule has 2 N–H and O–H groups in total. The van der Waals surface area contributed by atoms with Crippen molar-refractivity contribution in [2.24, 2.45) is 5.73 Å². The number of methoxy groups -OCH3 is 1. The predicted octanol–water partition coefficient (Wildman–Crippen LogP) is 3.06. The monoisotopic (exact) mass is 288 g/mol. The third-order valence-electron chi connectivity index (χ3n) is 5.19. The molecule has 1 aromatic carbocycles. The van der Waals surface area contributed by atoms with Gasteiger partial charge in [0.2, 0.25) is 0 Å². The van der Waals surface area contributed by atoms with E-state index in [0.29, 0.717) is 12.6 Å². The number of likely N-dealkylation sites (tertiary alicyclic amines) is 1. The summed E-state index contributed by atoms with van der Waals surface area (Å²) >= 11 is 0. The Morgan fingerprint density at radius 3 is 2.90 bits per heavy atom. The molecule has 0 amide bonds. The van der Waals surface area contributed by atoms with Crippen LogP contribution in [0.5, 0.6) is 0 Å². The molecule has 1 heterocycles. The van der Waals surface area contributed by atoms with Crippen LogP contribution in [0.4, 0.5) is 0 Å². The Morgan fingerprint density at radius 1 is 1.43 bits per heavy atom. The minimum atomic E-state index is -0.0280. The van der Waals surface area contributed by atoms with Gasteiger partial charge in [-0.05, 0) is 56.2 Å². The molecule has 0 aromatic heterocycles.